The first-order valence-electron chi connectivity index (χ1n) is 9.77. The van der Waals surface area contributed by atoms with E-state index in [1.807, 2.05) is 30.3 Å². The van der Waals surface area contributed by atoms with Gasteiger partial charge in [0, 0.05) is 6.42 Å². The number of methoxy groups -OCH3 is 2. The van der Waals surface area contributed by atoms with Crippen molar-refractivity contribution in [2.45, 2.75) is 24.1 Å². The molecule has 1 aliphatic heterocycles. The molecule has 1 amide bonds. The molecule has 0 saturated carbocycles. The molecule has 0 aromatic heterocycles. The van der Waals surface area contributed by atoms with Crippen LogP contribution < -0.4 is 14.8 Å². The van der Waals surface area contributed by atoms with Crippen molar-refractivity contribution in [3.05, 3.63) is 48.0 Å². The maximum Gasteiger partial charge on any atom is 0.326 e. The zero-order chi connectivity index (χ0) is 23.5. The summed E-state index contributed by atoms with van der Waals surface area (Å²) in [4.78, 5) is 48.0. The standard InChI is InChI=1S/C23H23NO7S/c1-23(20(26)16(25)12-32-23)22(29)24-15(21(27)28)11-13-7-9-14(10-8-13)19-17(30-2)5-4-6-18(19)31-3/h4-10,15H,11-12H2,1-3H3,(H,24,29)(H,27,28)/t15-,23?/m0/s1. The maximum atomic E-state index is 12.6. The van der Waals surface area contributed by atoms with Gasteiger partial charge in [-0.05, 0) is 30.2 Å². The second-order valence-corrected chi connectivity index (χ2v) is 8.77. The van der Waals surface area contributed by atoms with Crippen molar-refractivity contribution in [3.63, 3.8) is 0 Å². The fraction of sp³-hybridized carbons (Fsp3) is 0.304. The quantitative estimate of drug-likeness (QED) is 0.457. The normalized spacial score (nSPS) is 18.8. The van der Waals surface area contributed by atoms with Crippen LogP contribution >= 0.6 is 11.8 Å². The number of ketones is 2. The van der Waals surface area contributed by atoms with Gasteiger partial charge in [0.15, 0.2) is 4.75 Å². The van der Waals surface area contributed by atoms with Crippen molar-refractivity contribution >= 4 is 35.2 Å². The summed E-state index contributed by atoms with van der Waals surface area (Å²) in [6, 6.07) is 11.3. The molecule has 1 heterocycles. The van der Waals surface area contributed by atoms with Gasteiger partial charge in [-0.15, -0.1) is 11.8 Å². The first-order chi connectivity index (χ1) is 15.2. The third-order valence-electron chi connectivity index (χ3n) is 5.33. The Balaban J connectivity index is 1.79. The molecule has 0 bridgehead atoms. The predicted octanol–water partition coefficient (Wildman–Crippen LogP) is 2.13. The number of aliphatic carboxylic acids is 1. The molecular weight excluding hydrogens is 434 g/mol. The number of hydrogen-bond donors (Lipinski definition) is 2. The van der Waals surface area contributed by atoms with Crippen molar-refractivity contribution in [2.24, 2.45) is 0 Å². The number of rotatable bonds is 8. The molecule has 2 atom stereocenters. The molecule has 1 fully saturated rings. The van der Waals surface area contributed by atoms with Gasteiger partial charge in [0.1, 0.15) is 17.5 Å². The van der Waals surface area contributed by atoms with Crippen molar-refractivity contribution in [1.29, 1.82) is 0 Å². The van der Waals surface area contributed by atoms with Gasteiger partial charge < -0.3 is 19.9 Å². The molecule has 32 heavy (non-hydrogen) atoms. The Hall–Kier alpha value is -3.33. The summed E-state index contributed by atoms with van der Waals surface area (Å²) in [6.45, 7) is 1.34. The van der Waals surface area contributed by atoms with E-state index < -0.39 is 34.2 Å². The third kappa shape index (κ3) is 4.47. The fourth-order valence-electron chi connectivity index (χ4n) is 3.45. The van der Waals surface area contributed by atoms with Crippen LogP contribution in [0, 0.1) is 0 Å². The van der Waals surface area contributed by atoms with E-state index in [0.29, 0.717) is 17.1 Å². The van der Waals surface area contributed by atoms with E-state index in [1.165, 1.54) is 6.92 Å². The van der Waals surface area contributed by atoms with Gasteiger partial charge in [0.2, 0.25) is 17.5 Å². The zero-order valence-corrected chi connectivity index (χ0v) is 18.7. The minimum Gasteiger partial charge on any atom is -0.496 e. The molecule has 0 radical (unpaired) electrons. The first kappa shape index (κ1) is 23.3. The van der Waals surface area contributed by atoms with Crippen LogP contribution in [0.4, 0.5) is 0 Å². The highest BCUT2D eigenvalue weighted by atomic mass is 32.2. The number of ether oxygens (including phenoxy) is 2. The van der Waals surface area contributed by atoms with Gasteiger partial charge in [-0.1, -0.05) is 30.3 Å². The number of benzene rings is 2. The number of amides is 1. The second kappa shape index (κ2) is 9.44. The lowest BCUT2D eigenvalue weighted by Gasteiger charge is -2.22. The van der Waals surface area contributed by atoms with Crippen LogP contribution in [0.5, 0.6) is 11.5 Å². The molecule has 2 N–H and O–H groups in total. The van der Waals surface area contributed by atoms with Crippen molar-refractivity contribution in [3.8, 4) is 22.6 Å². The van der Waals surface area contributed by atoms with E-state index in [4.69, 9.17) is 9.47 Å². The van der Waals surface area contributed by atoms with Gasteiger partial charge in [-0.2, -0.15) is 0 Å². The summed E-state index contributed by atoms with van der Waals surface area (Å²) in [7, 11) is 3.13. The number of hydrogen-bond acceptors (Lipinski definition) is 7. The molecule has 1 saturated heterocycles. The fourth-order valence-corrected chi connectivity index (χ4v) is 4.44. The van der Waals surface area contributed by atoms with Crippen molar-refractivity contribution in [1.82, 2.24) is 5.32 Å². The monoisotopic (exact) mass is 457 g/mol. The SMILES string of the molecule is COc1cccc(OC)c1-c1ccc(C[C@H](NC(=O)C2(C)SCC(=O)C2=O)C(=O)O)cc1. The molecular formula is C23H23NO7S. The summed E-state index contributed by atoms with van der Waals surface area (Å²) in [6.07, 6.45) is 0.00724. The molecule has 2 aromatic rings. The first-order valence-corrected chi connectivity index (χ1v) is 10.8. The van der Waals surface area contributed by atoms with Gasteiger partial charge in [0.25, 0.3) is 0 Å². The number of thioether (sulfide) groups is 1. The smallest absolute Gasteiger partial charge is 0.326 e. The topological polar surface area (TPSA) is 119 Å². The Morgan fingerprint density at radius 1 is 1.09 bits per heavy atom. The van der Waals surface area contributed by atoms with Crippen molar-refractivity contribution in [2.75, 3.05) is 20.0 Å². The summed E-state index contributed by atoms with van der Waals surface area (Å²) in [5, 5.41) is 12.0. The van der Waals surface area contributed by atoms with E-state index in [1.54, 1.807) is 26.4 Å². The summed E-state index contributed by atoms with van der Waals surface area (Å²) < 4.78 is 9.25. The Morgan fingerprint density at radius 3 is 2.16 bits per heavy atom. The molecule has 0 spiro atoms. The lowest BCUT2D eigenvalue weighted by molar-refractivity contribution is -0.144. The van der Waals surface area contributed by atoms with Crippen LogP contribution in [-0.4, -0.2) is 59.3 Å². The third-order valence-corrected chi connectivity index (χ3v) is 6.68. The second-order valence-electron chi connectivity index (χ2n) is 7.38. The average Bonchev–Trinajstić information content (AvgIpc) is 3.06. The predicted molar refractivity (Wildman–Crippen MR) is 119 cm³/mol. The molecule has 3 rings (SSSR count). The minimum atomic E-state index is -1.60. The molecule has 168 valence electrons. The number of Topliss-reactive ketones (excluding diaryl/α,β-unsaturated/α-hetero) is 2. The Morgan fingerprint density at radius 2 is 1.69 bits per heavy atom. The Labute approximate surface area is 189 Å². The largest absolute Gasteiger partial charge is 0.496 e. The van der Waals surface area contributed by atoms with E-state index >= 15 is 0 Å². The summed E-state index contributed by atoms with van der Waals surface area (Å²) in [5.74, 6) is -2.28. The van der Waals surface area contributed by atoms with Gasteiger partial charge >= 0.3 is 5.97 Å². The van der Waals surface area contributed by atoms with Crippen LogP contribution in [0.15, 0.2) is 42.5 Å². The number of nitrogens with one attached hydrogen (secondary N) is 1. The lowest BCUT2D eigenvalue weighted by atomic mass is 9.98. The van der Waals surface area contributed by atoms with E-state index in [9.17, 15) is 24.3 Å². The highest BCUT2D eigenvalue weighted by Gasteiger charge is 2.51. The summed E-state index contributed by atoms with van der Waals surface area (Å²) in [5.41, 5.74) is 2.25. The Kier molecular flexibility index (Phi) is 6.88. The van der Waals surface area contributed by atoms with E-state index in [2.05, 4.69) is 5.32 Å². The molecule has 9 heteroatoms. The zero-order valence-electron chi connectivity index (χ0n) is 17.8. The van der Waals surface area contributed by atoms with Gasteiger partial charge in [0.05, 0.1) is 25.5 Å². The molecule has 1 aliphatic rings. The van der Waals surface area contributed by atoms with Gasteiger partial charge in [-0.3, -0.25) is 14.4 Å². The minimum absolute atomic E-state index is 0.00724. The molecule has 8 nitrogen and oxygen atoms in total. The molecule has 1 unspecified atom stereocenters. The van der Waals surface area contributed by atoms with Gasteiger partial charge in [-0.25, -0.2) is 4.79 Å². The highest BCUT2D eigenvalue weighted by molar-refractivity contribution is 8.04. The number of carbonyl (C=O) groups excluding carboxylic acids is 3. The average molecular weight is 458 g/mol. The van der Waals surface area contributed by atoms with Crippen LogP contribution in [0.25, 0.3) is 11.1 Å². The molecule has 2 aromatic carbocycles. The van der Waals surface area contributed by atoms with E-state index in [-0.39, 0.29) is 12.2 Å². The van der Waals surface area contributed by atoms with Crippen LogP contribution in [0.2, 0.25) is 0 Å². The van der Waals surface area contributed by atoms with Crippen molar-refractivity contribution < 1.29 is 33.8 Å². The van der Waals surface area contributed by atoms with E-state index in [0.717, 1.165) is 22.9 Å². The van der Waals surface area contributed by atoms with Crippen LogP contribution in [0.3, 0.4) is 0 Å². The van der Waals surface area contributed by atoms with Crippen LogP contribution in [-0.2, 0) is 25.6 Å². The molecule has 0 aliphatic carbocycles. The Bertz CT molecular complexity index is 1040. The number of carbonyl (C=O) groups is 4. The maximum absolute atomic E-state index is 12.6. The number of carboxylic acid groups (broad SMARTS) is 1. The van der Waals surface area contributed by atoms with Crippen LogP contribution in [0.1, 0.15) is 12.5 Å². The highest BCUT2D eigenvalue weighted by Crippen LogP contribution is 2.38. The lowest BCUT2D eigenvalue weighted by Crippen LogP contribution is -2.53. The summed E-state index contributed by atoms with van der Waals surface area (Å²) >= 11 is 0.908. The number of carboxylic acids is 1.